The van der Waals surface area contributed by atoms with Gasteiger partial charge in [-0.05, 0) is 32.8 Å². The van der Waals surface area contributed by atoms with E-state index in [-0.39, 0.29) is 5.91 Å². The van der Waals surface area contributed by atoms with Crippen molar-refractivity contribution >= 4 is 5.91 Å². The number of hydrogen-bond acceptors (Lipinski definition) is 2. The summed E-state index contributed by atoms with van der Waals surface area (Å²) in [7, 11) is 0. The molecule has 0 radical (unpaired) electrons. The minimum atomic E-state index is -1.38. The number of likely N-dealkylation sites (N-methyl/N-ethyl adjacent to an activating group) is 1. The van der Waals surface area contributed by atoms with Gasteiger partial charge in [-0.2, -0.15) is 0 Å². The van der Waals surface area contributed by atoms with Gasteiger partial charge in [0, 0.05) is 13.1 Å². The van der Waals surface area contributed by atoms with Crippen LogP contribution in [-0.4, -0.2) is 34.6 Å². The van der Waals surface area contributed by atoms with E-state index in [4.69, 9.17) is 0 Å². The van der Waals surface area contributed by atoms with Crippen molar-refractivity contribution in [1.82, 2.24) is 4.90 Å². The van der Waals surface area contributed by atoms with Gasteiger partial charge in [-0.1, -0.05) is 13.5 Å². The third kappa shape index (κ3) is 2.35. The topological polar surface area (TPSA) is 40.5 Å². The summed E-state index contributed by atoms with van der Waals surface area (Å²) in [6.45, 7) is 12.2. The Morgan fingerprint density at radius 1 is 1.36 bits per heavy atom. The Hall–Kier alpha value is -0.830. The summed E-state index contributed by atoms with van der Waals surface area (Å²) in [6.07, 6.45) is 0.373. The van der Waals surface area contributed by atoms with Crippen LogP contribution < -0.4 is 0 Å². The van der Waals surface area contributed by atoms with Crippen molar-refractivity contribution in [3.8, 4) is 0 Å². The molecule has 3 nitrogen and oxygen atoms in total. The molecule has 0 aromatic carbocycles. The molecule has 3 heteroatoms. The highest BCUT2D eigenvalue weighted by Gasteiger charge is 2.37. The van der Waals surface area contributed by atoms with E-state index in [0.717, 1.165) is 0 Å². The summed E-state index contributed by atoms with van der Waals surface area (Å²) in [5.74, 6) is -0.238. The maximum absolute atomic E-state index is 11.9. The molecule has 0 bridgehead atoms. The number of carbonyl (C=O) groups is 1. The number of hydrogen-bond donors (Lipinski definition) is 1. The highest BCUT2D eigenvalue weighted by atomic mass is 16.3. The van der Waals surface area contributed by atoms with Gasteiger partial charge in [-0.25, -0.2) is 0 Å². The van der Waals surface area contributed by atoms with Gasteiger partial charge in [-0.15, -0.1) is 0 Å². The van der Waals surface area contributed by atoms with Gasteiger partial charge >= 0.3 is 0 Å². The smallest absolute Gasteiger partial charge is 0.258 e. The van der Waals surface area contributed by atoms with Crippen LogP contribution in [0.25, 0.3) is 0 Å². The van der Waals surface area contributed by atoms with Crippen LogP contribution in [0.1, 0.15) is 34.1 Å². The fourth-order valence-electron chi connectivity index (χ4n) is 1.41. The Kier molecular flexibility index (Phi) is 4.85. The first-order valence-electron chi connectivity index (χ1n) is 5.11. The molecule has 1 amide bonds. The first kappa shape index (κ1) is 13.2. The van der Waals surface area contributed by atoms with E-state index in [0.29, 0.717) is 25.1 Å². The van der Waals surface area contributed by atoms with E-state index in [1.54, 1.807) is 18.7 Å². The van der Waals surface area contributed by atoms with Crippen molar-refractivity contribution in [1.29, 1.82) is 0 Å². The Morgan fingerprint density at radius 2 is 1.79 bits per heavy atom. The molecule has 0 heterocycles. The van der Waals surface area contributed by atoms with Crippen LogP contribution in [0.4, 0.5) is 0 Å². The van der Waals surface area contributed by atoms with Gasteiger partial charge in [0.2, 0.25) is 0 Å². The first-order valence-corrected chi connectivity index (χ1v) is 5.11. The fourth-order valence-corrected chi connectivity index (χ4v) is 1.41. The van der Waals surface area contributed by atoms with Gasteiger partial charge in [0.25, 0.3) is 5.91 Å². The van der Waals surface area contributed by atoms with Gasteiger partial charge in [0.1, 0.15) is 0 Å². The number of amides is 1. The molecule has 0 saturated heterocycles. The van der Waals surface area contributed by atoms with E-state index < -0.39 is 5.60 Å². The highest BCUT2D eigenvalue weighted by Crippen LogP contribution is 2.21. The predicted octanol–water partition coefficient (Wildman–Crippen LogP) is 1.57. The first-order chi connectivity index (χ1) is 6.43. The Bertz CT molecular complexity index is 221. The lowest BCUT2D eigenvalue weighted by Crippen LogP contribution is -2.49. The molecule has 0 aliphatic carbocycles. The normalized spacial score (nSPS) is 14.6. The second kappa shape index (κ2) is 5.15. The zero-order valence-electron chi connectivity index (χ0n) is 9.63. The van der Waals surface area contributed by atoms with Crippen LogP contribution in [0.5, 0.6) is 0 Å². The van der Waals surface area contributed by atoms with E-state index in [9.17, 15) is 9.90 Å². The van der Waals surface area contributed by atoms with Crippen LogP contribution in [0.15, 0.2) is 12.2 Å². The average molecular weight is 199 g/mol. The Balaban J connectivity index is 4.86. The van der Waals surface area contributed by atoms with Crippen molar-refractivity contribution in [3.05, 3.63) is 12.2 Å². The molecule has 0 aliphatic heterocycles. The largest absolute Gasteiger partial charge is 0.376 e. The molecular formula is C11H21NO2. The van der Waals surface area contributed by atoms with Crippen molar-refractivity contribution in [2.75, 3.05) is 13.1 Å². The molecule has 14 heavy (non-hydrogen) atoms. The second-order valence-corrected chi connectivity index (χ2v) is 3.47. The van der Waals surface area contributed by atoms with Crippen molar-refractivity contribution < 1.29 is 9.90 Å². The minimum Gasteiger partial charge on any atom is -0.376 e. The van der Waals surface area contributed by atoms with Crippen LogP contribution in [0, 0.1) is 0 Å². The molecule has 0 fully saturated rings. The molecule has 1 unspecified atom stereocenters. The summed E-state index contributed by atoms with van der Waals surface area (Å²) in [6, 6.07) is 0. The zero-order valence-corrected chi connectivity index (χ0v) is 9.63. The lowest BCUT2D eigenvalue weighted by Gasteiger charge is -2.31. The lowest BCUT2D eigenvalue weighted by atomic mass is 9.91. The van der Waals surface area contributed by atoms with Crippen LogP contribution >= 0.6 is 0 Å². The van der Waals surface area contributed by atoms with Gasteiger partial charge < -0.3 is 10.0 Å². The molecule has 0 aliphatic rings. The quantitative estimate of drug-likeness (QED) is 0.683. The minimum absolute atomic E-state index is 0.238. The van der Waals surface area contributed by atoms with Crippen molar-refractivity contribution in [2.24, 2.45) is 0 Å². The molecule has 0 aromatic heterocycles. The van der Waals surface area contributed by atoms with Gasteiger partial charge in [0.15, 0.2) is 5.60 Å². The molecule has 1 N–H and O–H groups in total. The summed E-state index contributed by atoms with van der Waals surface area (Å²) < 4.78 is 0. The molecule has 0 rings (SSSR count). The number of rotatable bonds is 5. The Morgan fingerprint density at radius 3 is 2.00 bits per heavy atom. The van der Waals surface area contributed by atoms with Crippen molar-refractivity contribution in [2.45, 2.75) is 39.7 Å². The number of nitrogens with zero attached hydrogens (tertiary/aromatic N) is 1. The van der Waals surface area contributed by atoms with Crippen LogP contribution in [0.3, 0.4) is 0 Å². The molecule has 82 valence electrons. The number of carbonyl (C=O) groups excluding carboxylic acids is 1. The predicted molar refractivity (Wildman–Crippen MR) is 58.0 cm³/mol. The Labute approximate surface area is 86.4 Å². The third-order valence-corrected chi connectivity index (χ3v) is 2.62. The summed E-state index contributed by atoms with van der Waals surface area (Å²) >= 11 is 0. The standard InChI is InChI=1S/C11H21NO2/c1-6-11(14,9(4)5)10(13)12(7-2)8-3/h14H,4,6-8H2,1-3,5H3. The monoisotopic (exact) mass is 199 g/mol. The molecule has 0 aromatic rings. The maximum atomic E-state index is 11.9. The van der Waals surface area contributed by atoms with E-state index in [1.165, 1.54) is 0 Å². The molecule has 0 spiro atoms. The van der Waals surface area contributed by atoms with Crippen LogP contribution in [-0.2, 0) is 4.79 Å². The summed E-state index contributed by atoms with van der Waals surface area (Å²) in [5.41, 5.74) is -0.872. The lowest BCUT2D eigenvalue weighted by molar-refractivity contribution is -0.147. The van der Waals surface area contributed by atoms with E-state index >= 15 is 0 Å². The molecule has 1 atom stereocenters. The zero-order chi connectivity index (χ0) is 11.4. The maximum Gasteiger partial charge on any atom is 0.258 e. The summed E-state index contributed by atoms with van der Waals surface area (Å²) in [4.78, 5) is 13.5. The average Bonchev–Trinajstić information content (AvgIpc) is 2.17. The summed E-state index contributed by atoms with van der Waals surface area (Å²) in [5, 5.41) is 10.1. The molecular weight excluding hydrogens is 178 g/mol. The van der Waals surface area contributed by atoms with E-state index in [2.05, 4.69) is 6.58 Å². The SMILES string of the molecule is C=C(C)C(O)(CC)C(=O)N(CC)CC. The van der Waals surface area contributed by atoms with Crippen LogP contribution in [0.2, 0.25) is 0 Å². The number of aliphatic hydroxyl groups is 1. The van der Waals surface area contributed by atoms with Gasteiger partial charge in [-0.3, -0.25) is 4.79 Å². The fraction of sp³-hybridized carbons (Fsp3) is 0.727. The second-order valence-electron chi connectivity index (χ2n) is 3.47. The molecule has 0 saturated carbocycles. The third-order valence-electron chi connectivity index (χ3n) is 2.62. The van der Waals surface area contributed by atoms with Crippen molar-refractivity contribution in [3.63, 3.8) is 0 Å². The highest BCUT2D eigenvalue weighted by molar-refractivity contribution is 5.88. The van der Waals surface area contributed by atoms with E-state index in [1.807, 2.05) is 13.8 Å². The van der Waals surface area contributed by atoms with Gasteiger partial charge in [0.05, 0.1) is 0 Å².